The predicted molar refractivity (Wildman–Crippen MR) is 91.4 cm³/mol. The first-order valence-corrected chi connectivity index (χ1v) is 8.13. The van der Waals surface area contributed by atoms with Gasteiger partial charge in [-0.1, -0.05) is 20.3 Å². The lowest BCUT2D eigenvalue weighted by molar-refractivity contribution is -0.141. The molecule has 148 valence electrons. The van der Waals surface area contributed by atoms with Crippen molar-refractivity contribution in [3.8, 4) is 0 Å². The average Bonchev–Trinajstić information content (AvgIpc) is 2.55. The summed E-state index contributed by atoms with van der Waals surface area (Å²) in [6.07, 6.45) is 0.182. The van der Waals surface area contributed by atoms with Crippen LogP contribution in [0.5, 0.6) is 0 Å². The minimum atomic E-state index is -1.21. The third-order valence-electron chi connectivity index (χ3n) is 3.72. The highest BCUT2D eigenvalue weighted by Crippen LogP contribution is 2.08. The Morgan fingerprint density at radius 2 is 1.62 bits per heavy atom. The van der Waals surface area contributed by atoms with E-state index in [9.17, 15) is 24.0 Å². The van der Waals surface area contributed by atoms with Gasteiger partial charge in [0.25, 0.3) is 0 Å². The molecule has 4 unspecified atom stereocenters. The number of aliphatic carboxylic acids is 1. The molecule has 0 aliphatic heterocycles. The van der Waals surface area contributed by atoms with Crippen molar-refractivity contribution < 1.29 is 29.1 Å². The van der Waals surface area contributed by atoms with Crippen LogP contribution in [0.2, 0.25) is 0 Å². The van der Waals surface area contributed by atoms with Crippen molar-refractivity contribution in [2.45, 2.75) is 51.7 Å². The Balaban J connectivity index is 4.79. The summed E-state index contributed by atoms with van der Waals surface area (Å²) in [7, 11) is 0. The smallest absolute Gasteiger partial charge is 0.325 e. The van der Waals surface area contributed by atoms with Gasteiger partial charge < -0.3 is 32.5 Å². The minimum Gasteiger partial charge on any atom is -0.480 e. The van der Waals surface area contributed by atoms with Crippen molar-refractivity contribution in [2.75, 3.05) is 6.54 Å². The van der Waals surface area contributed by atoms with Crippen LogP contribution in [0.1, 0.15) is 33.6 Å². The van der Waals surface area contributed by atoms with E-state index in [2.05, 4.69) is 16.0 Å². The topological polar surface area (TPSA) is 194 Å². The van der Waals surface area contributed by atoms with Gasteiger partial charge in [-0.25, -0.2) is 0 Å². The Labute approximate surface area is 151 Å². The Kier molecular flexibility index (Phi) is 9.89. The molecule has 0 fully saturated rings. The van der Waals surface area contributed by atoms with Crippen LogP contribution in [0.4, 0.5) is 0 Å². The Hall–Kier alpha value is -2.69. The van der Waals surface area contributed by atoms with Crippen LogP contribution < -0.4 is 27.4 Å². The van der Waals surface area contributed by atoms with E-state index in [1.165, 1.54) is 6.92 Å². The maximum atomic E-state index is 12.3. The predicted octanol–water partition coefficient (Wildman–Crippen LogP) is -2.57. The lowest BCUT2D eigenvalue weighted by Crippen LogP contribution is -2.55. The molecule has 0 aromatic heterocycles. The number of nitrogens with one attached hydrogen (secondary N) is 3. The molecule has 0 aromatic rings. The number of carbonyl (C=O) groups is 5. The van der Waals surface area contributed by atoms with Crippen LogP contribution in [0, 0.1) is 5.92 Å². The largest absolute Gasteiger partial charge is 0.480 e. The number of primary amides is 1. The summed E-state index contributed by atoms with van der Waals surface area (Å²) in [5.41, 5.74) is 10.5. The monoisotopic (exact) mass is 373 g/mol. The molecule has 0 saturated heterocycles. The van der Waals surface area contributed by atoms with Gasteiger partial charge in [0.2, 0.25) is 23.6 Å². The van der Waals surface area contributed by atoms with Crippen LogP contribution >= 0.6 is 0 Å². The second-order valence-corrected chi connectivity index (χ2v) is 5.99. The zero-order chi connectivity index (χ0) is 20.4. The Morgan fingerprint density at radius 3 is 2.08 bits per heavy atom. The molecule has 0 heterocycles. The van der Waals surface area contributed by atoms with E-state index in [1.54, 1.807) is 6.92 Å². The molecule has 26 heavy (non-hydrogen) atoms. The third kappa shape index (κ3) is 8.42. The van der Waals surface area contributed by atoms with Crippen molar-refractivity contribution in [3.63, 3.8) is 0 Å². The van der Waals surface area contributed by atoms with Crippen molar-refractivity contribution in [1.82, 2.24) is 16.0 Å². The van der Waals surface area contributed by atoms with Crippen LogP contribution in [0.25, 0.3) is 0 Å². The number of amides is 4. The zero-order valence-corrected chi connectivity index (χ0v) is 15.1. The van der Waals surface area contributed by atoms with Crippen LogP contribution in [-0.2, 0) is 24.0 Å². The fourth-order valence-electron chi connectivity index (χ4n) is 1.90. The van der Waals surface area contributed by atoms with Gasteiger partial charge in [-0.2, -0.15) is 0 Å². The van der Waals surface area contributed by atoms with Gasteiger partial charge in [0.15, 0.2) is 0 Å². The summed E-state index contributed by atoms with van der Waals surface area (Å²) < 4.78 is 0. The van der Waals surface area contributed by atoms with E-state index in [0.29, 0.717) is 6.42 Å². The molecule has 0 rings (SSSR count). The maximum absolute atomic E-state index is 12.3. The minimum absolute atomic E-state index is 0.277. The van der Waals surface area contributed by atoms with Gasteiger partial charge >= 0.3 is 5.97 Å². The number of carboxylic acid groups (broad SMARTS) is 1. The molecule has 0 saturated carbocycles. The first kappa shape index (κ1) is 23.3. The summed E-state index contributed by atoms with van der Waals surface area (Å²) in [5.74, 6) is -4.27. The highest BCUT2D eigenvalue weighted by Gasteiger charge is 2.28. The van der Waals surface area contributed by atoms with E-state index in [0.717, 1.165) is 0 Å². The maximum Gasteiger partial charge on any atom is 0.325 e. The molecular weight excluding hydrogens is 346 g/mol. The summed E-state index contributed by atoms with van der Waals surface area (Å²) in [6.45, 7) is 4.36. The summed E-state index contributed by atoms with van der Waals surface area (Å²) >= 11 is 0. The molecule has 0 aliphatic rings. The molecule has 0 radical (unpaired) electrons. The van der Waals surface area contributed by atoms with Crippen molar-refractivity contribution in [1.29, 1.82) is 0 Å². The highest BCUT2D eigenvalue weighted by molar-refractivity contribution is 5.94. The summed E-state index contributed by atoms with van der Waals surface area (Å²) in [5, 5.41) is 15.7. The van der Waals surface area contributed by atoms with Crippen molar-refractivity contribution in [2.24, 2.45) is 17.4 Å². The second-order valence-electron chi connectivity index (χ2n) is 5.99. The Bertz CT molecular complexity index is 553. The van der Waals surface area contributed by atoms with Crippen molar-refractivity contribution in [3.05, 3.63) is 0 Å². The standard InChI is InChI=1S/C15H27N5O6/c1-4-7(2)12(20-13(23)9(16)5-10(17)21)14(24)18-6-11(22)19-8(3)15(25)26/h7-9,12H,4-6,16H2,1-3H3,(H2,17,21)(H,18,24)(H,19,22)(H,20,23)(H,25,26). The first-order chi connectivity index (χ1) is 12.0. The van der Waals surface area contributed by atoms with Crippen molar-refractivity contribution >= 4 is 29.6 Å². The van der Waals surface area contributed by atoms with Gasteiger partial charge in [0.1, 0.15) is 12.1 Å². The number of carboxylic acids is 1. The number of hydrogen-bond donors (Lipinski definition) is 6. The van der Waals surface area contributed by atoms with Gasteiger partial charge in [-0.05, 0) is 12.8 Å². The number of hydrogen-bond acceptors (Lipinski definition) is 6. The fourth-order valence-corrected chi connectivity index (χ4v) is 1.90. The van der Waals surface area contributed by atoms with E-state index >= 15 is 0 Å². The molecule has 11 heteroatoms. The first-order valence-electron chi connectivity index (χ1n) is 8.13. The molecule has 4 amide bonds. The van der Waals surface area contributed by atoms with E-state index in [1.807, 2.05) is 6.92 Å². The summed E-state index contributed by atoms with van der Waals surface area (Å²) in [4.78, 5) is 57.4. The van der Waals surface area contributed by atoms with Crippen LogP contribution in [0.15, 0.2) is 0 Å². The van der Waals surface area contributed by atoms with Gasteiger partial charge in [0, 0.05) is 0 Å². The van der Waals surface area contributed by atoms with Gasteiger partial charge in [-0.3, -0.25) is 24.0 Å². The molecule has 0 aromatic carbocycles. The van der Waals surface area contributed by atoms with E-state index in [4.69, 9.17) is 16.6 Å². The molecule has 8 N–H and O–H groups in total. The van der Waals surface area contributed by atoms with Crippen LogP contribution in [0.3, 0.4) is 0 Å². The molecule has 0 spiro atoms. The molecule has 0 bridgehead atoms. The Morgan fingerprint density at radius 1 is 1.04 bits per heavy atom. The fraction of sp³-hybridized carbons (Fsp3) is 0.667. The normalized spacial score (nSPS) is 15.1. The zero-order valence-electron chi connectivity index (χ0n) is 15.1. The molecular formula is C15H27N5O6. The van der Waals surface area contributed by atoms with E-state index in [-0.39, 0.29) is 12.3 Å². The number of rotatable bonds is 11. The highest BCUT2D eigenvalue weighted by atomic mass is 16.4. The molecule has 11 nitrogen and oxygen atoms in total. The van der Waals surface area contributed by atoms with Gasteiger partial charge in [-0.15, -0.1) is 0 Å². The summed E-state index contributed by atoms with van der Waals surface area (Å²) in [6, 6.07) is -3.26. The van der Waals surface area contributed by atoms with Gasteiger partial charge in [0.05, 0.1) is 19.0 Å². The quantitative estimate of drug-likeness (QED) is 0.229. The third-order valence-corrected chi connectivity index (χ3v) is 3.72. The lowest BCUT2D eigenvalue weighted by Gasteiger charge is -2.24. The average molecular weight is 373 g/mol. The second kappa shape index (κ2) is 11.0. The lowest BCUT2D eigenvalue weighted by atomic mass is 9.97. The van der Waals surface area contributed by atoms with Crippen LogP contribution in [-0.4, -0.2) is 59.4 Å². The molecule has 4 atom stereocenters. The number of carbonyl (C=O) groups excluding carboxylic acids is 4. The van der Waals surface area contributed by atoms with E-state index < -0.39 is 54.3 Å². The number of nitrogens with two attached hydrogens (primary N) is 2. The molecule has 0 aliphatic carbocycles. The SMILES string of the molecule is CCC(C)C(NC(=O)C(N)CC(N)=O)C(=O)NCC(=O)NC(C)C(=O)O.